The molecule has 0 unspecified atom stereocenters. The molecule has 0 saturated heterocycles. The summed E-state index contributed by atoms with van der Waals surface area (Å²) in [6, 6.07) is 5.43. The largest absolute Gasteiger partial charge is 0.478 e. The molecule has 0 atom stereocenters. The maximum atomic E-state index is 10.2. The van der Waals surface area contributed by atoms with Crippen molar-refractivity contribution >= 4 is 23.3 Å². The molecule has 0 saturated carbocycles. The summed E-state index contributed by atoms with van der Waals surface area (Å²) in [5.41, 5.74) is 1.75. The average molecular weight is 212 g/mol. The Morgan fingerprint density at radius 1 is 1.57 bits per heavy atom. The zero-order chi connectivity index (χ0) is 10.6. The van der Waals surface area contributed by atoms with Gasteiger partial charge in [0.25, 0.3) is 0 Å². The highest BCUT2D eigenvalue weighted by Gasteiger charge is 1.95. The van der Waals surface area contributed by atoms with E-state index in [9.17, 15) is 4.79 Å². The molecule has 0 spiro atoms. The third-order valence-electron chi connectivity index (χ3n) is 1.65. The molecule has 2 N–H and O–H groups in total. The van der Waals surface area contributed by atoms with Crippen LogP contribution >= 0.6 is 11.6 Å². The number of rotatable bonds is 3. The van der Waals surface area contributed by atoms with Gasteiger partial charge in [-0.1, -0.05) is 17.7 Å². The van der Waals surface area contributed by atoms with E-state index in [1.54, 1.807) is 6.07 Å². The average Bonchev–Trinajstić information content (AvgIpc) is 2.10. The van der Waals surface area contributed by atoms with Gasteiger partial charge in [-0.05, 0) is 24.6 Å². The number of benzene rings is 1. The third kappa shape index (κ3) is 3.11. The smallest absolute Gasteiger partial charge is 0.329 e. The van der Waals surface area contributed by atoms with Crippen molar-refractivity contribution in [3.8, 4) is 0 Å². The first-order valence-electron chi connectivity index (χ1n) is 4.02. The van der Waals surface area contributed by atoms with Crippen LogP contribution in [-0.2, 0) is 4.79 Å². The molecular weight excluding hydrogens is 202 g/mol. The zero-order valence-electron chi connectivity index (χ0n) is 7.62. The first-order chi connectivity index (χ1) is 6.59. The van der Waals surface area contributed by atoms with Gasteiger partial charge in [-0.25, -0.2) is 4.79 Å². The van der Waals surface area contributed by atoms with Gasteiger partial charge in [0.1, 0.15) is 0 Å². The molecule has 0 bridgehead atoms. The van der Waals surface area contributed by atoms with Crippen LogP contribution in [0.4, 0.5) is 5.69 Å². The zero-order valence-corrected chi connectivity index (χ0v) is 8.38. The van der Waals surface area contributed by atoms with Crippen LogP contribution in [0.5, 0.6) is 0 Å². The summed E-state index contributed by atoms with van der Waals surface area (Å²) in [5.74, 6) is -0.990. The number of hydrogen-bond acceptors (Lipinski definition) is 2. The van der Waals surface area contributed by atoms with Crippen molar-refractivity contribution in [2.75, 3.05) is 5.32 Å². The van der Waals surface area contributed by atoms with Crippen LogP contribution in [0.3, 0.4) is 0 Å². The fourth-order valence-corrected chi connectivity index (χ4v) is 1.07. The topological polar surface area (TPSA) is 49.3 Å². The first kappa shape index (κ1) is 10.6. The fourth-order valence-electron chi connectivity index (χ4n) is 0.892. The maximum absolute atomic E-state index is 10.2. The second-order valence-corrected chi connectivity index (χ2v) is 3.19. The summed E-state index contributed by atoms with van der Waals surface area (Å²) in [7, 11) is 0. The molecule has 0 radical (unpaired) electrons. The summed E-state index contributed by atoms with van der Waals surface area (Å²) >= 11 is 5.87. The van der Waals surface area contributed by atoms with Gasteiger partial charge in [-0.3, -0.25) is 0 Å². The first-order valence-corrected chi connectivity index (χ1v) is 4.39. The van der Waals surface area contributed by atoms with Gasteiger partial charge in [0.2, 0.25) is 0 Å². The highest BCUT2D eigenvalue weighted by atomic mass is 35.5. The molecule has 14 heavy (non-hydrogen) atoms. The van der Waals surface area contributed by atoms with Crippen molar-refractivity contribution in [2.24, 2.45) is 0 Å². The van der Waals surface area contributed by atoms with Gasteiger partial charge >= 0.3 is 5.97 Å². The van der Waals surface area contributed by atoms with Gasteiger partial charge in [-0.2, -0.15) is 0 Å². The van der Waals surface area contributed by atoms with Crippen molar-refractivity contribution in [1.29, 1.82) is 0 Å². The number of carbonyl (C=O) groups is 1. The van der Waals surface area contributed by atoms with Gasteiger partial charge in [-0.15, -0.1) is 0 Å². The second-order valence-electron chi connectivity index (χ2n) is 2.78. The van der Waals surface area contributed by atoms with Gasteiger partial charge in [0.15, 0.2) is 0 Å². The normalized spacial score (nSPS) is 10.4. The van der Waals surface area contributed by atoms with Crippen LogP contribution in [0.15, 0.2) is 30.5 Å². The minimum atomic E-state index is -0.990. The summed E-state index contributed by atoms with van der Waals surface area (Å²) < 4.78 is 0. The van der Waals surface area contributed by atoms with Crippen LogP contribution in [0, 0.1) is 6.92 Å². The Hall–Kier alpha value is -1.48. The van der Waals surface area contributed by atoms with E-state index in [1.807, 2.05) is 19.1 Å². The molecule has 0 aliphatic heterocycles. The molecule has 3 nitrogen and oxygen atoms in total. The Kier molecular flexibility index (Phi) is 3.54. The Morgan fingerprint density at radius 3 is 2.86 bits per heavy atom. The number of anilines is 1. The number of hydrogen-bond donors (Lipinski definition) is 2. The van der Waals surface area contributed by atoms with Crippen LogP contribution in [-0.4, -0.2) is 11.1 Å². The highest BCUT2D eigenvalue weighted by molar-refractivity contribution is 6.31. The van der Waals surface area contributed by atoms with E-state index < -0.39 is 5.97 Å². The standard InChI is InChI=1S/C10H10ClNO2/c1-7-2-3-8(6-9(7)11)12-5-4-10(13)14/h2-6,12H,1H3,(H,13,14). The number of carboxylic acid groups (broad SMARTS) is 1. The molecule has 1 rings (SSSR count). The minimum Gasteiger partial charge on any atom is -0.478 e. The lowest BCUT2D eigenvalue weighted by molar-refractivity contribution is -0.131. The number of aliphatic carboxylic acids is 1. The number of aryl methyl sites for hydroxylation is 1. The van der Waals surface area contributed by atoms with Crippen molar-refractivity contribution in [3.63, 3.8) is 0 Å². The Morgan fingerprint density at radius 2 is 2.29 bits per heavy atom. The van der Waals surface area contributed by atoms with Gasteiger partial charge < -0.3 is 10.4 Å². The van der Waals surface area contributed by atoms with E-state index in [-0.39, 0.29) is 0 Å². The predicted molar refractivity (Wildman–Crippen MR) is 56.6 cm³/mol. The number of nitrogens with one attached hydrogen (secondary N) is 1. The minimum absolute atomic E-state index is 0.652. The quantitative estimate of drug-likeness (QED) is 0.756. The number of carboxylic acids is 1. The summed E-state index contributed by atoms with van der Waals surface area (Å²) in [6.07, 6.45) is 2.37. The van der Waals surface area contributed by atoms with Gasteiger partial charge in [0, 0.05) is 23.0 Å². The molecule has 0 fully saturated rings. The lowest BCUT2D eigenvalue weighted by Crippen LogP contribution is -1.92. The van der Waals surface area contributed by atoms with E-state index in [0.717, 1.165) is 17.3 Å². The van der Waals surface area contributed by atoms with E-state index in [4.69, 9.17) is 16.7 Å². The molecule has 4 heteroatoms. The van der Waals surface area contributed by atoms with E-state index in [2.05, 4.69) is 5.32 Å². The van der Waals surface area contributed by atoms with Gasteiger partial charge in [0.05, 0.1) is 0 Å². The van der Waals surface area contributed by atoms with Crippen LogP contribution in [0.25, 0.3) is 0 Å². The molecule has 0 aliphatic rings. The molecule has 0 aromatic heterocycles. The molecule has 0 amide bonds. The highest BCUT2D eigenvalue weighted by Crippen LogP contribution is 2.19. The van der Waals surface area contributed by atoms with E-state index in [0.29, 0.717) is 5.02 Å². The summed E-state index contributed by atoms with van der Waals surface area (Å²) in [4.78, 5) is 10.2. The third-order valence-corrected chi connectivity index (χ3v) is 2.05. The molecular formula is C10H10ClNO2. The fraction of sp³-hybridized carbons (Fsp3) is 0.100. The van der Waals surface area contributed by atoms with Crippen molar-refractivity contribution in [1.82, 2.24) is 0 Å². The monoisotopic (exact) mass is 211 g/mol. The SMILES string of the molecule is Cc1ccc(NC=CC(=O)O)cc1Cl. The molecule has 0 aliphatic carbocycles. The predicted octanol–water partition coefficient (Wildman–Crippen LogP) is 2.66. The van der Waals surface area contributed by atoms with E-state index >= 15 is 0 Å². The summed E-state index contributed by atoms with van der Waals surface area (Å²) in [6.45, 7) is 1.90. The molecule has 1 aromatic rings. The van der Waals surface area contributed by atoms with Crippen LogP contribution in [0.1, 0.15) is 5.56 Å². The molecule has 0 heterocycles. The molecule has 1 aromatic carbocycles. The lowest BCUT2D eigenvalue weighted by atomic mass is 10.2. The maximum Gasteiger partial charge on any atom is 0.329 e. The number of halogens is 1. The van der Waals surface area contributed by atoms with Crippen LogP contribution in [0.2, 0.25) is 5.02 Å². The van der Waals surface area contributed by atoms with Crippen molar-refractivity contribution in [2.45, 2.75) is 6.92 Å². The van der Waals surface area contributed by atoms with Crippen molar-refractivity contribution < 1.29 is 9.90 Å². The Bertz CT molecular complexity index is 374. The lowest BCUT2D eigenvalue weighted by Gasteiger charge is -2.02. The Labute approximate surface area is 87.0 Å². The van der Waals surface area contributed by atoms with Crippen molar-refractivity contribution in [3.05, 3.63) is 41.1 Å². The summed E-state index contributed by atoms with van der Waals surface area (Å²) in [5, 5.41) is 11.8. The van der Waals surface area contributed by atoms with E-state index in [1.165, 1.54) is 6.20 Å². The Balaban J connectivity index is 2.69. The van der Waals surface area contributed by atoms with Crippen LogP contribution < -0.4 is 5.32 Å². The molecule has 74 valence electrons. The second kappa shape index (κ2) is 4.67.